The van der Waals surface area contributed by atoms with Crippen molar-refractivity contribution in [3.63, 3.8) is 0 Å². The lowest BCUT2D eigenvalue weighted by Gasteiger charge is -2.14. The Bertz CT molecular complexity index is 1460. The van der Waals surface area contributed by atoms with Crippen molar-refractivity contribution in [3.05, 3.63) is 71.4 Å². The van der Waals surface area contributed by atoms with E-state index in [9.17, 15) is 13.6 Å². The molecule has 1 aliphatic rings. The number of alkyl halides is 2. The molecule has 0 aliphatic heterocycles. The predicted octanol–water partition coefficient (Wildman–Crippen LogP) is 6.15. The van der Waals surface area contributed by atoms with Crippen molar-refractivity contribution in [3.8, 4) is 22.9 Å². The number of aryl methyl sites for hydroxylation is 2. The second kappa shape index (κ2) is 9.80. The molecule has 1 amide bonds. The summed E-state index contributed by atoms with van der Waals surface area (Å²) in [6, 6.07) is 15.1. The SMILES string of the molecule is Cc1ccccc1Oc1cc(NCCC(C)(F)F)c2ncc(-c3ccc(C(=O)NC4CC4)c(C)c3)n2n1. The zero-order valence-electron chi connectivity index (χ0n) is 21.0. The molecule has 37 heavy (non-hydrogen) atoms. The van der Waals surface area contributed by atoms with E-state index >= 15 is 0 Å². The van der Waals surface area contributed by atoms with Crippen LogP contribution < -0.4 is 15.4 Å². The molecule has 7 nitrogen and oxygen atoms in total. The molecule has 9 heteroatoms. The lowest BCUT2D eigenvalue weighted by atomic mass is 10.0. The maximum atomic E-state index is 13.4. The average Bonchev–Trinajstić information content (AvgIpc) is 3.54. The average molecular weight is 506 g/mol. The number of ether oxygens (including phenoxy) is 1. The number of halogens is 2. The maximum Gasteiger partial charge on any atom is 0.251 e. The van der Waals surface area contributed by atoms with Gasteiger partial charge in [0.2, 0.25) is 11.8 Å². The van der Waals surface area contributed by atoms with Gasteiger partial charge in [-0.15, -0.1) is 5.10 Å². The first-order valence-corrected chi connectivity index (χ1v) is 12.3. The smallest absolute Gasteiger partial charge is 0.251 e. The van der Waals surface area contributed by atoms with Crippen LogP contribution in [0.1, 0.15) is 47.7 Å². The number of para-hydroxylation sites is 1. The van der Waals surface area contributed by atoms with E-state index in [1.807, 2.05) is 50.2 Å². The number of benzene rings is 2. The van der Waals surface area contributed by atoms with Crippen LogP contribution in [0.4, 0.5) is 14.5 Å². The Balaban J connectivity index is 1.52. The minimum absolute atomic E-state index is 0.0546. The Labute approximate surface area is 213 Å². The summed E-state index contributed by atoms with van der Waals surface area (Å²) in [4.78, 5) is 17.1. The maximum absolute atomic E-state index is 13.4. The van der Waals surface area contributed by atoms with E-state index < -0.39 is 5.92 Å². The van der Waals surface area contributed by atoms with Gasteiger partial charge in [0.05, 0.1) is 17.6 Å². The molecule has 192 valence electrons. The topological polar surface area (TPSA) is 80.5 Å². The number of fused-ring (bicyclic) bond motifs is 1. The van der Waals surface area contributed by atoms with Crippen LogP contribution in [0.3, 0.4) is 0 Å². The summed E-state index contributed by atoms with van der Waals surface area (Å²) >= 11 is 0. The van der Waals surface area contributed by atoms with Crippen LogP contribution in [0.25, 0.3) is 16.9 Å². The number of nitrogens with one attached hydrogen (secondary N) is 2. The van der Waals surface area contributed by atoms with Crippen molar-refractivity contribution in [2.45, 2.75) is 52.0 Å². The Hall–Kier alpha value is -4.01. The Morgan fingerprint density at radius 3 is 2.62 bits per heavy atom. The number of anilines is 1. The minimum Gasteiger partial charge on any atom is -0.437 e. The van der Waals surface area contributed by atoms with Crippen LogP contribution in [0.15, 0.2) is 54.7 Å². The van der Waals surface area contributed by atoms with Crippen LogP contribution in [0, 0.1) is 13.8 Å². The highest BCUT2D eigenvalue weighted by molar-refractivity contribution is 5.96. The number of imidazole rings is 1. The normalized spacial score (nSPS) is 13.5. The van der Waals surface area contributed by atoms with Crippen LogP contribution in [0.5, 0.6) is 11.6 Å². The highest BCUT2D eigenvalue weighted by Gasteiger charge is 2.25. The first-order chi connectivity index (χ1) is 17.7. The Morgan fingerprint density at radius 2 is 1.92 bits per heavy atom. The molecule has 0 spiro atoms. The number of hydrogen-bond donors (Lipinski definition) is 2. The van der Waals surface area contributed by atoms with Gasteiger partial charge in [-0.05, 0) is 62.9 Å². The van der Waals surface area contributed by atoms with Gasteiger partial charge in [-0.2, -0.15) is 0 Å². The molecule has 0 saturated heterocycles. The summed E-state index contributed by atoms with van der Waals surface area (Å²) in [6.45, 7) is 4.78. The molecule has 0 radical (unpaired) electrons. The molecular formula is C28H29F2N5O2. The van der Waals surface area contributed by atoms with E-state index in [-0.39, 0.29) is 24.9 Å². The molecule has 2 aromatic heterocycles. The molecule has 0 atom stereocenters. The number of nitrogens with zero attached hydrogens (tertiary/aromatic N) is 3. The lowest BCUT2D eigenvalue weighted by molar-refractivity contribution is 0.0167. The first kappa shape index (κ1) is 24.7. The van der Waals surface area contributed by atoms with Crippen molar-refractivity contribution in [2.24, 2.45) is 0 Å². The van der Waals surface area contributed by atoms with Crippen molar-refractivity contribution in [1.82, 2.24) is 19.9 Å². The van der Waals surface area contributed by atoms with Gasteiger partial charge >= 0.3 is 0 Å². The standard InChI is InChI=1S/C28H29F2N5O2/c1-17-6-4-5-7-24(17)37-25-15-22(31-13-12-28(3,29)30)26-32-16-23(35(26)34-25)19-8-11-21(18(2)14-19)27(36)33-20-9-10-20/h4-8,11,14-16,20,31H,9-10,12-13H2,1-3H3,(H,33,36). The molecule has 4 aromatic rings. The third-order valence-corrected chi connectivity index (χ3v) is 6.31. The fourth-order valence-electron chi connectivity index (χ4n) is 4.09. The molecule has 2 heterocycles. The van der Waals surface area contributed by atoms with Gasteiger partial charge in [-0.3, -0.25) is 4.79 Å². The monoisotopic (exact) mass is 505 g/mol. The van der Waals surface area contributed by atoms with Gasteiger partial charge in [0.1, 0.15) is 5.75 Å². The number of carbonyl (C=O) groups is 1. The van der Waals surface area contributed by atoms with Crippen LogP contribution in [0.2, 0.25) is 0 Å². The van der Waals surface area contributed by atoms with Gasteiger partial charge < -0.3 is 15.4 Å². The Kier molecular flexibility index (Phi) is 6.54. The van der Waals surface area contributed by atoms with Crippen molar-refractivity contribution in [2.75, 3.05) is 11.9 Å². The summed E-state index contributed by atoms with van der Waals surface area (Å²) in [5, 5.41) is 10.8. The van der Waals surface area contributed by atoms with Crippen molar-refractivity contribution in [1.29, 1.82) is 0 Å². The Morgan fingerprint density at radius 1 is 1.14 bits per heavy atom. The van der Waals surface area contributed by atoms with Gasteiger partial charge in [0.15, 0.2) is 5.65 Å². The second-order valence-corrected chi connectivity index (χ2v) is 9.67. The molecule has 5 rings (SSSR count). The summed E-state index contributed by atoms with van der Waals surface area (Å²) in [5.41, 5.74) is 4.92. The number of carbonyl (C=O) groups excluding carboxylic acids is 1. The summed E-state index contributed by atoms with van der Waals surface area (Å²) in [7, 11) is 0. The first-order valence-electron chi connectivity index (χ1n) is 12.3. The molecular weight excluding hydrogens is 476 g/mol. The van der Waals surface area contributed by atoms with Crippen LogP contribution >= 0.6 is 0 Å². The van der Waals surface area contributed by atoms with E-state index in [1.165, 1.54) is 0 Å². The third kappa shape index (κ3) is 5.71. The van der Waals surface area contributed by atoms with Gasteiger partial charge in [-0.1, -0.05) is 24.3 Å². The van der Waals surface area contributed by atoms with Gasteiger partial charge in [-0.25, -0.2) is 18.3 Å². The van der Waals surface area contributed by atoms with Crippen molar-refractivity contribution < 1.29 is 18.3 Å². The summed E-state index contributed by atoms with van der Waals surface area (Å²) in [5.74, 6) is -1.92. The van der Waals surface area contributed by atoms with Crippen LogP contribution in [-0.4, -0.2) is 39.0 Å². The van der Waals surface area contributed by atoms with Gasteiger partial charge in [0, 0.05) is 36.2 Å². The highest BCUT2D eigenvalue weighted by Crippen LogP contribution is 2.31. The molecule has 1 fully saturated rings. The van der Waals surface area contributed by atoms with E-state index in [0.717, 1.165) is 36.5 Å². The van der Waals surface area contributed by atoms with Gasteiger partial charge in [0.25, 0.3) is 5.91 Å². The zero-order valence-corrected chi connectivity index (χ0v) is 21.0. The molecule has 0 unspecified atom stereocenters. The number of amides is 1. The van der Waals surface area contributed by atoms with Crippen LogP contribution in [-0.2, 0) is 0 Å². The largest absolute Gasteiger partial charge is 0.437 e. The van der Waals surface area contributed by atoms with E-state index in [1.54, 1.807) is 22.8 Å². The molecule has 2 N–H and O–H groups in total. The minimum atomic E-state index is -2.79. The predicted molar refractivity (Wildman–Crippen MR) is 139 cm³/mol. The fourth-order valence-corrected chi connectivity index (χ4v) is 4.09. The summed E-state index contributed by atoms with van der Waals surface area (Å²) in [6.07, 6.45) is 3.40. The summed E-state index contributed by atoms with van der Waals surface area (Å²) < 4.78 is 34.6. The van der Waals surface area contributed by atoms with Crippen molar-refractivity contribution >= 4 is 17.2 Å². The van der Waals surface area contributed by atoms with E-state index in [4.69, 9.17) is 4.74 Å². The van der Waals surface area contributed by atoms with E-state index in [2.05, 4.69) is 20.7 Å². The zero-order chi connectivity index (χ0) is 26.2. The quantitative estimate of drug-likeness (QED) is 0.285. The highest BCUT2D eigenvalue weighted by atomic mass is 19.3. The third-order valence-electron chi connectivity index (χ3n) is 6.31. The second-order valence-electron chi connectivity index (χ2n) is 9.67. The molecule has 0 bridgehead atoms. The number of hydrogen-bond acceptors (Lipinski definition) is 5. The number of aromatic nitrogens is 3. The van der Waals surface area contributed by atoms with E-state index in [0.29, 0.717) is 34.2 Å². The fraction of sp³-hybridized carbons (Fsp3) is 0.321. The molecule has 1 aliphatic carbocycles. The molecule has 1 saturated carbocycles. The lowest BCUT2D eigenvalue weighted by Crippen LogP contribution is -2.26. The molecule has 2 aromatic carbocycles. The number of rotatable bonds is 9.